The van der Waals surface area contributed by atoms with E-state index in [4.69, 9.17) is 4.74 Å². The lowest BCUT2D eigenvalue weighted by atomic mass is 9.84. The summed E-state index contributed by atoms with van der Waals surface area (Å²) in [5.74, 6) is 0.383. The Balaban J connectivity index is 1.79. The van der Waals surface area contributed by atoms with Gasteiger partial charge in [0.15, 0.2) is 0 Å². The summed E-state index contributed by atoms with van der Waals surface area (Å²) in [6.45, 7) is 10.2. The predicted octanol–water partition coefficient (Wildman–Crippen LogP) is 0.764. The van der Waals surface area contributed by atoms with Crippen molar-refractivity contribution < 1.29 is 14.3 Å². The van der Waals surface area contributed by atoms with Gasteiger partial charge in [-0.1, -0.05) is 20.3 Å². The Morgan fingerprint density at radius 1 is 1.13 bits per heavy atom. The number of ether oxygens (including phenoxy) is 1. The second-order valence-corrected chi connectivity index (χ2v) is 7.13. The maximum atomic E-state index is 12.4. The Hall–Kier alpha value is -1.14. The fourth-order valence-electron chi connectivity index (χ4n) is 2.86. The zero-order valence-corrected chi connectivity index (χ0v) is 14.6. The lowest BCUT2D eigenvalue weighted by Gasteiger charge is -2.33. The standard InChI is InChI=1S/C17H31N3O3/c1-12(2)15(11-20-7-9-23-10-8-20)19-16(21)13(3)18-17(22)14-5-4-6-14/h12-15H,4-11H2,1-3H3,(H,18,22)(H,19,21)/t13-,15+/m1/s1. The second-order valence-electron chi connectivity index (χ2n) is 7.13. The van der Waals surface area contributed by atoms with Crippen molar-refractivity contribution in [3.05, 3.63) is 0 Å². The molecule has 0 aromatic rings. The van der Waals surface area contributed by atoms with Crippen LogP contribution in [0.5, 0.6) is 0 Å². The van der Waals surface area contributed by atoms with Crippen LogP contribution < -0.4 is 10.6 Å². The summed E-state index contributed by atoms with van der Waals surface area (Å²) >= 11 is 0. The summed E-state index contributed by atoms with van der Waals surface area (Å²) in [5.41, 5.74) is 0. The van der Waals surface area contributed by atoms with E-state index in [0.717, 1.165) is 52.1 Å². The molecule has 2 rings (SSSR count). The van der Waals surface area contributed by atoms with E-state index in [2.05, 4.69) is 29.4 Å². The molecule has 2 amide bonds. The molecule has 0 unspecified atom stereocenters. The Morgan fingerprint density at radius 3 is 2.30 bits per heavy atom. The molecule has 1 saturated heterocycles. The minimum atomic E-state index is -0.478. The molecule has 1 aliphatic heterocycles. The van der Waals surface area contributed by atoms with Crippen molar-refractivity contribution in [3.63, 3.8) is 0 Å². The van der Waals surface area contributed by atoms with Crippen LogP contribution in [0.4, 0.5) is 0 Å². The molecular weight excluding hydrogens is 294 g/mol. The molecule has 0 spiro atoms. The lowest BCUT2D eigenvalue weighted by Crippen LogP contribution is -2.54. The van der Waals surface area contributed by atoms with Crippen molar-refractivity contribution in [2.24, 2.45) is 11.8 Å². The van der Waals surface area contributed by atoms with Crippen LogP contribution in [-0.4, -0.2) is 61.6 Å². The van der Waals surface area contributed by atoms with Crippen molar-refractivity contribution in [2.75, 3.05) is 32.8 Å². The van der Waals surface area contributed by atoms with Crippen LogP contribution in [0.1, 0.15) is 40.0 Å². The van der Waals surface area contributed by atoms with E-state index in [1.54, 1.807) is 6.92 Å². The molecule has 1 heterocycles. The smallest absolute Gasteiger partial charge is 0.242 e. The molecule has 6 heteroatoms. The van der Waals surface area contributed by atoms with E-state index in [9.17, 15) is 9.59 Å². The van der Waals surface area contributed by atoms with Gasteiger partial charge in [0.2, 0.25) is 11.8 Å². The number of carbonyl (C=O) groups is 2. The molecule has 0 bridgehead atoms. The SMILES string of the molecule is CC(C)[C@H](CN1CCOCC1)NC(=O)[C@@H](C)NC(=O)C1CCC1. The quantitative estimate of drug-likeness (QED) is 0.725. The van der Waals surface area contributed by atoms with Gasteiger partial charge in [0.1, 0.15) is 6.04 Å². The number of hydrogen-bond donors (Lipinski definition) is 2. The van der Waals surface area contributed by atoms with Crippen molar-refractivity contribution in [1.82, 2.24) is 15.5 Å². The highest BCUT2D eigenvalue weighted by atomic mass is 16.5. The third kappa shape index (κ3) is 5.46. The van der Waals surface area contributed by atoms with Crippen molar-refractivity contribution in [3.8, 4) is 0 Å². The molecule has 2 atom stereocenters. The van der Waals surface area contributed by atoms with Gasteiger partial charge < -0.3 is 15.4 Å². The first kappa shape index (κ1) is 18.2. The Bertz CT molecular complexity index is 404. The number of amides is 2. The summed E-state index contributed by atoms with van der Waals surface area (Å²) in [6, 6.07) is -0.391. The highest BCUT2D eigenvalue weighted by molar-refractivity contribution is 5.88. The fourth-order valence-corrected chi connectivity index (χ4v) is 2.86. The number of hydrogen-bond acceptors (Lipinski definition) is 4. The molecule has 2 N–H and O–H groups in total. The van der Waals surface area contributed by atoms with Gasteiger partial charge in [-0.2, -0.15) is 0 Å². The first-order valence-electron chi connectivity index (χ1n) is 8.88. The van der Waals surface area contributed by atoms with Gasteiger partial charge in [-0.25, -0.2) is 0 Å². The Labute approximate surface area is 139 Å². The van der Waals surface area contributed by atoms with Crippen LogP contribution in [0.3, 0.4) is 0 Å². The van der Waals surface area contributed by atoms with Gasteiger partial charge in [-0.05, 0) is 25.7 Å². The Morgan fingerprint density at radius 2 is 1.78 bits per heavy atom. The molecular formula is C17H31N3O3. The summed E-state index contributed by atoms with van der Waals surface area (Å²) in [5, 5.41) is 5.95. The average molecular weight is 325 g/mol. The lowest BCUT2D eigenvalue weighted by molar-refractivity contribution is -0.132. The van der Waals surface area contributed by atoms with Gasteiger partial charge >= 0.3 is 0 Å². The molecule has 6 nitrogen and oxygen atoms in total. The normalized spacial score (nSPS) is 22.3. The number of nitrogens with zero attached hydrogens (tertiary/aromatic N) is 1. The Kier molecular flexibility index (Phi) is 6.84. The van der Waals surface area contributed by atoms with Gasteiger partial charge in [0.05, 0.1) is 13.2 Å². The molecule has 2 aliphatic rings. The third-order valence-corrected chi connectivity index (χ3v) is 4.92. The molecule has 132 valence electrons. The number of morpholine rings is 1. The second kappa shape index (κ2) is 8.64. The summed E-state index contributed by atoms with van der Waals surface area (Å²) in [4.78, 5) is 26.7. The topological polar surface area (TPSA) is 70.7 Å². The number of rotatable bonds is 7. The van der Waals surface area contributed by atoms with Crippen LogP contribution in [0.15, 0.2) is 0 Å². The number of nitrogens with one attached hydrogen (secondary N) is 2. The molecule has 1 saturated carbocycles. The zero-order valence-electron chi connectivity index (χ0n) is 14.6. The first-order chi connectivity index (χ1) is 11.0. The monoisotopic (exact) mass is 325 g/mol. The van der Waals surface area contributed by atoms with Gasteiger partial charge in [-0.3, -0.25) is 14.5 Å². The van der Waals surface area contributed by atoms with Crippen molar-refractivity contribution in [1.29, 1.82) is 0 Å². The molecule has 0 aromatic heterocycles. The van der Waals surface area contributed by atoms with Gasteiger partial charge in [0.25, 0.3) is 0 Å². The molecule has 0 radical (unpaired) electrons. The van der Waals surface area contributed by atoms with Crippen LogP contribution in [0.25, 0.3) is 0 Å². The van der Waals surface area contributed by atoms with E-state index in [1.807, 2.05) is 0 Å². The largest absolute Gasteiger partial charge is 0.379 e. The summed E-state index contributed by atoms with van der Waals surface area (Å²) in [7, 11) is 0. The number of carbonyl (C=O) groups excluding carboxylic acids is 2. The minimum Gasteiger partial charge on any atom is -0.379 e. The fraction of sp³-hybridized carbons (Fsp3) is 0.882. The molecule has 2 fully saturated rings. The average Bonchev–Trinajstić information content (AvgIpc) is 2.45. The van der Waals surface area contributed by atoms with Crippen LogP contribution in [-0.2, 0) is 14.3 Å². The minimum absolute atomic E-state index is 0.0215. The van der Waals surface area contributed by atoms with Crippen molar-refractivity contribution >= 4 is 11.8 Å². The zero-order chi connectivity index (χ0) is 16.8. The van der Waals surface area contributed by atoms with E-state index in [1.165, 1.54) is 0 Å². The van der Waals surface area contributed by atoms with E-state index >= 15 is 0 Å². The van der Waals surface area contributed by atoms with E-state index < -0.39 is 6.04 Å². The van der Waals surface area contributed by atoms with Crippen LogP contribution >= 0.6 is 0 Å². The third-order valence-electron chi connectivity index (χ3n) is 4.92. The molecule has 23 heavy (non-hydrogen) atoms. The van der Waals surface area contributed by atoms with E-state index in [-0.39, 0.29) is 23.8 Å². The van der Waals surface area contributed by atoms with Crippen LogP contribution in [0, 0.1) is 11.8 Å². The van der Waals surface area contributed by atoms with Crippen LogP contribution in [0.2, 0.25) is 0 Å². The first-order valence-corrected chi connectivity index (χ1v) is 8.88. The molecule has 0 aromatic carbocycles. The van der Waals surface area contributed by atoms with Crippen molar-refractivity contribution in [2.45, 2.75) is 52.1 Å². The maximum absolute atomic E-state index is 12.4. The highest BCUT2D eigenvalue weighted by Gasteiger charge is 2.29. The predicted molar refractivity (Wildman–Crippen MR) is 89.0 cm³/mol. The summed E-state index contributed by atoms with van der Waals surface area (Å²) in [6.07, 6.45) is 3.02. The van der Waals surface area contributed by atoms with Gasteiger partial charge in [0, 0.05) is 31.6 Å². The van der Waals surface area contributed by atoms with E-state index in [0.29, 0.717) is 5.92 Å². The van der Waals surface area contributed by atoms with Gasteiger partial charge in [-0.15, -0.1) is 0 Å². The maximum Gasteiger partial charge on any atom is 0.242 e. The summed E-state index contributed by atoms with van der Waals surface area (Å²) < 4.78 is 5.37. The highest BCUT2D eigenvalue weighted by Crippen LogP contribution is 2.26. The molecule has 1 aliphatic carbocycles.